The first-order valence-electron chi connectivity index (χ1n) is 7.60. The fourth-order valence-corrected chi connectivity index (χ4v) is 5.69. The van der Waals surface area contributed by atoms with Crippen molar-refractivity contribution < 1.29 is 18.3 Å². The third-order valence-corrected chi connectivity index (χ3v) is 7.19. The zero-order chi connectivity index (χ0) is 17.5. The number of hydrogen-bond donors (Lipinski definition) is 2. The molecule has 0 spiro atoms. The Labute approximate surface area is 144 Å². The lowest BCUT2D eigenvalue weighted by Gasteiger charge is -2.28. The summed E-state index contributed by atoms with van der Waals surface area (Å²) in [6.07, 6.45) is 0.872. The maximum absolute atomic E-state index is 12.7. The summed E-state index contributed by atoms with van der Waals surface area (Å²) < 4.78 is 30.0. The van der Waals surface area contributed by atoms with E-state index in [-0.39, 0.29) is 6.54 Å². The van der Waals surface area contributed by atoms with Crippen molar-refractivity contribution in [3.05, 3.63) is 29.3 Å². The number of carbonyl (C=O) groups is 1. The highest BCUT2D eigenvalue weighted by Gasteiger charge is 2.41. The number of aliphatic carboxylic acids is 1. The van der Waals surface area contributed by atoms with Crippen molar-refractivity contribution in [2.45, 2.75) is 38.3 Å². The van der Waals surface area contributed by atoms with Crippen molar-refractivity contribution in [2.24, 2.45) is 0 Å². The van der Waals surface area contributed by atoms with E-state index in [1.165, 1.54) is 11.3 Å². The number of carboxylic acids is 1. The quantitative estimate of drug-likeness (QED) is 0.839. The van der Waals surface area contributed by atoms with Gasteiger partial charge in [0.15, 0.2) is 0 Å². The minimum absolute atomic E-state index is 0.211. The lowest BCUT2D eigenvalue weighted by molar-refractivity contribution is -0.140. The molecule has 2 N–H and O–H groups in total. The number of benzene rings is 1. The lowest BCUT2D eigenvalue weighted by Crippen LogP contribution is -2.51. The molecule has 0 bridgehead atoms. The number of nitrogens with zero attached hydrogens (tertiary/aromatic N) is 2. The van der Waals surface area contributed by atoms with E-state index in [1.54, 1.807) is 13.8 Å². The van der Waals surface area contributed by atoms with Crippen LogP contribution in [0.25, 0.3) is 10.2 Å². The Morgan fingerprint density at radius 2 is 2.12 bits per heavy atom. The first-order chi connectivity index (χ1) is 11.2. The van der Waals surface area contributed by atoms with E-state index < -0.39 is 27.8 Å². The van der Waals surface area contributed by atoms with Crippen molar-refractivity contribution in [2.75, 3.05) is 6.54 Å². The van der Waals surface area contributed by atoms with E-state index in [0.717, 1.165) is 14.5 Å². The highest BCUT2D eigenvalue weighted by Crippen LogP contribution is 2.31. The third kappa shape index (κ3) is 3.16. The summed E-state index contributed by atoms with van der Waals surface area (Å²) in [7, 11) is -3.93. The second-order valence-corrected chi connectivity index (χ2v) is 8.98. The van der Waals surface area contributed by atoms with Crippen molar-refractivity contribution in [1.29, 1.82) is 0 Å². The van der Waals surface area contributed by atoms with Gasteiger partial charge in [0.25, 0.3) is 10.2 Å². The van der Waals surface area contributed by atoms with Crippen molar-refractivity contribution in [1.82, 2.24) is 14.0 Å². The molecule has 7 nitrogen and oxygen atoms in total. The van der Waals surface area contributed by atoms with E-state index in [1.807, 2.05) is 24.3 Å². The molecule has 3 rings (SSSR count). The smallest absolute Gasteiger partial charge is 0.322 e. The number of rotatable bonds is 5. The Kier molecular flexibility index (Phi) is 4.37. The van der Waals surface area contributed by atoms with Crippen LogP contribution in [-0.2, 0) is 20.5 Å². The van der Waals surface area contributed by atoms with Gasteiger partial charge in [0.2, 0.25) is 0 Å². The summed E-state index contributed by atoms with van der Waals surface area (Å²) in [5.41, 5.74) is -0.122. The second-order valence-electron chi connectivity index (χ2n) is 6.33. The lowest BCUT2D eigenvalue weighted by atomic mass is 10.1. The van der Waals surface area contributed by atoms with Gasteiger partial charge in [-0.15, -0.1) is 11.3 Å². The van der Waals surface area contributed by atoms with Crippen LogP contribution in [0.1, 0.15) is 31.7 Å². The fraction of sp³-hybridized carbons (Fsp3) is 0.467. The molecule has 1 atom stereocenters. The summed E-state index contributed by atoms with van der Waals surface area (Å²) >= 11 is 1.42. The van der Waals surface area contributed by atoms with Crippen LogP contribution < -0.4 is 4.72 Å². The summed E-state index contributed by atoms with van der Waals surface area (Å²) in [4.78, 5) is 15.8. The standard InChI is InChI=1S/C15H19N3O4S2/c1-15(2,14-16-10-6-3-4-8-12(10)23-14)17-24(21,22)18-9-5-7-11(18)13(19)20/h3-4,6,8,11,17H,5,7,9H2,1-2H3,(H,19,20). The van der Waals surface area contributed by atoms with E-state index in [0.29, 0.717) is 17.8 Å². The van der Waals surface area contributed by atoms with Crippen LogP contribution in [0, 0.1) is 0 Å². The van der Waals surface area contributed by atoms with E-state index in [4.69, 9.17) is 0 Å². The van der Waals surface area contributed by atoms with Crippen LogP contribution in [-0.4, -0.2) is 41.4 Å². The minimum Gasteiger partial charge on any atom is -0.480 e. The van der Waals surface area contributed by atoms with E-state index >= 15 is 0 Å². The molecule has 1 fully saturated rings. The zero-order valence-electron chi connectivity index (χ0n) is 13.4. The van der Waals surface area contributed by atoms with Crippen molar-refractivity contribution >= 4 is 37.7 Å². The molecular weight excluding hydrogens is 350 g/mol. The van der Waals surface area contributed by atoms with Crippen molar-refractivity contribution in [3.63, 3.8) is 0 Å². The highest BCUT2D eigenvalue weighted by molar-refractivity contribution is 7.87. The largest absolute Gasteiger partial charge is 0.480 e. The van der Waals surface area contributed by atoms with E-state index in [9.17, 15) is 18.3 Å². The van der Waals surface area contributed by atoms with Crippen LogP contribution >= 0.6 is 11.3 Å². The minimum atomic E-state index is -3.93. The zero-order valence-corrected chi connectivity index (χ0v) is 15.0. The highest BCUT2D eigenvalue weighted by atomic mass is 32.2. The van der Waals surface area contributed by atoms with Crippen LogP contribution in [0.3, 0.4) is 0 Å². The van der Waals surface area contributed by atoms with Crippen LogP contribution in [0.5, 0.6) is 0 Å². The summed E-state index contributed by atoms with van der Waals surface area (Å²) in [5, 5.41) is 9.85. The first-order valence-corrected chi connectivity index (χ1v) is 9.86. The average Bonchev–Trinajstić information content (AvgIpc) is 3.13. The molecule has 2 heterocycles. The Hall–Kier alpha value is -1.55. The molecule has 0 radical (unpaired) electrons. The number of para-hydroxylation sites is 1. The average molecular weight is 369 g/mol. The number of carboxylic acid groups (broad SMARTS) is 1. The van der Waals surface area contributed by atoms with Gasteiger partial charge < -0.3 is 5.11 Å². The Balaban J connectivity index is 1.88. The molecule has 1 aromatic carbocycles. The maximum Gasteiger partial charge on any atom is 0.322 e. The van der Waals surface area contributed by atoms with Gasteiger partial charge in [-0.2, -0.15) is 17.4 Å². The van der Waals surface area contributed by atoms with Gasteiger partial charge in [0.1, 0.15) is 11.0 Å². The molecule has 24 heavy (non-hydrogen) atoms. The molecule has 9 heteroatoms. The van der Waals surface area contributed by atoms with Crippen molar-refractivity contribution in [3.8, 4) is 0 Å². The van der Waals surface area contributed by atoms with Gasteiger partial charge in [-0.3, -0.25) is 4.79 Å². The number of thiazole rings is 1. The molecule has 1 aliphatic rings. The topological polar surface area (TPSA) is 99.6 Å². The molecule has 0 aliphatic carbocycles. The van der Waals surface area contributed by atoms with Crippen LogP contribution in [0.4, 0.5) is 0 Å². The van der Waals surface area contributed by atoms with Crippen LogP contribution in [0.15, 0.2) is 24.3 Å². The molecule has 0 saturated carbocycles. The van der Waals surface area contributed by atoms with Gasteiger partial charge in [0.05, 0.1) is 15.8 Å². The molecule has 1 unspecified atom stereocenters. The molecule has 1 aliphatic heterocycles. The maximum atomic E-state index is 12.7. The number of nitrogens with one attached hydrogen (secondary N) is 1. The summed E-state index contributed by atoms with van der Waals surface area (Å²) in [6.45, 7) is 3.67. The molecule has 2 aromatic rings. The predicted molar refractivity (Wildman–Crippen MR) is 92.1 cm³/mol. The normalized spacial score (nSPS) is 19.8. The molecular formula is C15H19N3O4S2. The number of fused-ring (bicyclic) bond motifs is 1. The summed E-state index contributed by atoms with van der Waals surface area (Å²) in [6, 6.07) is 6.59. The molecule has 0 amide bonds. The SMILES string of the molecule is CC(C)(NS(=O)(=O)N1CCCC1C(=O)O)c1nc2ccccc2s1. The van der Waals surface area contributed by atoms with Gasteiger partial charge >= 0.3 is 5.97 Å². The number of hydrogen-bond acceptors (Lipinski definition) is 5. The fourth-order valence-electron chi connectivity index (χ4n) is 2.84. The van der Waals surface area contributed by atoms with Gasteiger partial charge in [0, 0.05) is 6.54 Å². The third-order valence-electron chi connectivity index (χ3n) is 4.01. The van der Waals surface area contributed by atoms with E-state index in [2.05, 4.69) is 9.71 Å². The molecule has 1 saturated heterocycles. The van der Waals surface area contributed by atoms with Gasteiger partial charge in [-0.25, -0.2) is 4.98 Å². The summed E-state index contributed by atoms with van der Waals surface area (Å²) in [5.74, 6) is -1.12. The first kappa shape index (κ1) is 17.3. The van der Waals surface area contributed by atoms with Crippen LogP contribution in [0.2, 0.25) is 0 Å². The molecule has 1 aromatic heterocycles. The van der Waals surface area contributed by atoms with Gasteiger partial charge in [-0.05, 0) is 38.8 Å². The second kappa shape index (κ2) is 6.07. The predicted octanol–water partition coefficient (Wildman–Crippen LogP) is 1.91. The van der Waals surface area contributed by atoms with Gasteiger partial charge in [-0.1, -0.05) is 12.1 Å². The Morgan fingerprint density at radius 1 is 1.42 bits per heavy atom. The Morgan fingerprint density at radius 3 is 2.79 bits per heavy atom. The Bertz CT molecular complexity index is 843. The number of aromatic nitrogens is 1. The monoisotopic (exact) mass is 369 g/mol. The molecule has 130 valence electrons.